The maximum Gasteiger partial charge on any atom is 0.307 e. The summed E-state index contributed by atoms with van der Waals surface area (Å²) in [5, 5.41) is 8.77. The number of carboxylic acid groups (broad SMARTS) is 1. The lowest BCUT2D eigenvalue weighted by atomic mass is 9.98. The first-order valence-electron chi connectivity index (χ1n) is 6.55. The second-order valence-electron chi connectivity index (χ2n) is 5.18. The van der Waals surface area contributed by atoms with E-state index in [4.69, 9.17) is 5.11 Å². The number of aliphatic carboxylic acids is 1. The van der Waals surface area contributed by atoms with Crippen molar-refractivity contribution in [2.45, 2.75) is 52.1 Å². The number of thioether (sulfide) groups is 1. The molecule has 104 valence electrons. The van der Waals surface area contributed by atoms with E-state index in [-0.39, 0.29) is 11.8 Å². The number of hydrogen-bond donors (Lipinski definition) is 1. The molecule has 5 heteroatoms. The first-order valence-corrected chi connectivity index (χ1v) is 7.70. The summed E-state index contributed by atoms with van der Waals surface area (Å²) < 4.78 is 0. The van der Waals surface area contributed by atoms with E-state index < -0.39 is 5.97 Å². The lowest BCUT2D eigenvalue weighted by molar-refractivity contribution is -0.140. The third kappa shape index (κ3) is 4.19. The molecule has 0 saturated carbocycles. The molecule has 1 aliphatic heterocycles. The molecule has 1 fully saturated rings. The molecule has 18 heavy (non-hydrogen) atoms. The lowest BCUT2D eigenvalue weighted by Gasteiger charge is -2.39. The molecule has 4 nitrogen and oxygen atoms in total. The minimum atomic E-state index is -0.797. The lowest BCUT2D eigenvalue weighted by Crippen LogP contribution is -2.48. The fraction of sp³-hybridized carbons (Fsp3) is 0.846. The maximum absolute atomic E-state index is 12.1. The number of piperidine rings is 1. The summed E-state index contributed by atoms with van der Waals surface area (Å²) in [4.78, 5) is 24.8. The highest BCUT2D eigenvalue weighted by atomic mass is 32.2. The molecule has 0 aromatic carbocycles. The molecule has 0 spiro atoms. The Morgan fingerprint density at radius 1 is 1.33 bits per heavy atom. The van der Waals surface area contributed by atoms with Gasteiger partial charge in [0.2, 0.25) is 5.91 Å². The second kappa shape index (κ2) is 7.02. The van der Waals surface area contributed by atoms with Crippen molar-refractivity contribution >= 4 is 23.6 Å². The van der Waals surface area contributed by atoms with Gasteiger partial charge in [0.15, 0.2) is 0 Å². The minimum Gasteiger partial charge on any atom is -0.481 e. The van der Waals surface area contributed by atoms with E-state index in [0.717, 1.165) is 12.8 Å². The average molecular weight is 273 g/mol. The molecule has 0 bridgehead atoms. The fourth-order valence-electron chi connectivity index (χ4n) is 2.38. The van der Waals surface area contributed by atoms with Crippen molar-refractivity contribution in [3.05, 3.63) is 0 Å². The van der Waals surface area contributed by atoms with Crippen molar-refractivity contribution in [1.29, 1.82) is 0 Å². The molecule has 1 N–H and O–H groups in total. The number of amides is 1. The number of nitrogens with zero attached hydrogens (tertiary/aromatic N) is 1. The van der Waals surface area contributed by atoms with Crippen molar-refractivity contribution in [1.82, 2.24) is 4.90 Å². The molecule has 1 heterocycles. The maximum atomic E-state index is 12.1. The number of hydrogen-bond acceptors (Lipinski definition) is 3. The Morgan fingerprint density at radius 2 is 1.89 bits per heavy atom. The van der Waals surface area contributed by atoms with Crippen LogP contribution in [-0.2, 0) is 9.59 Å². The van der Waals surface area contributed by atoms with Gasteiger partial charge in [-0.25, -0.2) is 0 Å². The highest BCUT2D eigenvalue weighted by molar-refractivity contribution is 7.99. The number of carbonyl (C=O) groups is 2. The number of rotatable bonds is 5. The molecule has 0 aromatic rings. The Kier molecular flexibility index (Phi) is 5.99. The van der Waals surface area contributed by atoms with E-state index in [1.165, 1.54) is 18.2 Å². The number of carbonyl (C=O) groups excluding carboxylic acids is 1. The van der Waals surface area contributed by atoms with Gasteiger partial charge < -0.3 is 10.0 Å². The topological polar surface area (TPSA) is 57.6 Å². The van der Waals surface area contributed by atoms with E-state index in [2.05, 4.69) is 13.8 Å². The van der Waals surface area contributed by atoms with Crippen molar-refractivity contribution in [3.63, 3.8) is 0 Å². The predicted octanol–water partition coefficient (Wildman–Crippen LogP) is 2.23. The highest BCUT2D eigenvalue weighted by Gasteiger charge is 2.28. The fourth-order valence-corrected chi connectivity index (χ4v) is 3.32. The van der Waals surface area contributed by atoms with Gasteiger partial charge in [-0.3, -0.25) is 9.59 Å². The summed E-state index contributed by atoms with van der Waals surface area (Å²) in [7, 11) is 0. The zero-order valence-electron chi connectivity index (χ0n) is 11.4. The molecule has 1 aliphatic rings. The average Bonchev–Trinajstić information content (AvgIpc) is 2.28. The molecule has 0 aliphatic carbocycles. The van der Waals surface area contributed by atoms with E-state index >= 15 is 0 Å². The van der Waals surface area contributed by atoms with Gasteiger partial charge in [0.1, 0.15) is 0 Å². The first kappa shape index (κ1) is 15.3. The van der Waals surface area contributed by atoms with Crippen LogP contribution in [0.15, 0.2) is 0 Å². The molecular formula is C13H23NO3S. The molecular weight excluding hydrogens is 250 g/mol. The van der Waals surface area contributed by atoms with Crippen LogP contribution in [0.25, 0.3) is 0 Å². The Bertz CT molecular complexity index is 299. The van der Waals surface area contributed by atoms with Crippen molar-refractivity contribution in [2.75, 3.05) is 11.5 Å². The summed E-state index contributed by atoms with van der Waals surface area (Å²) in [5.41, 5.74) is 0. The summed E-state index contributed by atoms with van der Waals surface area (Å²) in [6.07, 6.45) is 3.34. The standard InChI is InChI=1S/C13H23NO3S/c1-9(13(16)17)7-18-8-12(15)14-10(2)5-4-6-11(14)3/h9-11H,4-8H2,1-3H3,(H,16,17). The van der Waals surface area contributed by atoms with Gasteiger partial charge in [-0.2, -0.15) is 11.8 Å². The molecule has 1 rings (SSSR count). The number of likely N-dealkylation sites (tertiary alicyclic amines) is 1. The van der Waals surface area contributed by atoms with Gasteiger partial charge in [-0.15, -0.1) is 0 Å². The van der Waals surface area contributed by atoms with Crippen molar-refractivity contribution in [2.24, 2.45) is 5.92 Å². The normalized spacial score (nSPS) is 25.8. The Hall–Kier alpha value is -0.710. The van der Waals surface area contributed by atoms with Crippen LogP contribution in [0.2, 0.25) is 0 Å². The van der Waals surface area contributed by atoms with Crippen LogP contribution in [0.3, 0.4) is 0 Å². The zero-order chi connectivity index (χ0) is 13.7. The van der Waals surface area contributed by atoms with Gasteiger partial charge >= 0.3 is 5.97 Å². The van der Waals surface area contributed by atoms with Crippen LogP contribution >= 0.6 is 11.8 Å². The van der Waals surface area contributed by atoms with Crippen LogP contribution in [0.5, 0.6) is 0 Å². The smallest absolute Gasteiger partial charge is 0.307 e. The first-order chi connectivity index (χ1) is 8.43. The molecule has 1 saturated heterocycles. The van der Waals surface area contributed by atoms with E-state index in [1.807, 2.05) is 4.90 Å². The minimum absolute atomic E-state index is 0.150. The van der Waals surface area contributed by atoms with Crippen molar-refractivity contribution < 1.29 is 14.7 Å². The third-order valence-electron chi connectivity index (χ3n) is 3.50. The van der Waals surface area contributed by atoms with Crippen LogP contribution in [0.1, 0.15) is 40.0 Å². The summed E-state index contributed by atoms with van der Waals surface area (Å²) in [6, 6.07) is 0.637. The van der Waals surface area contributed by atoms with Gasteiger partial charge in [-0.1, -0.05) is 6.92 Å². The van der Waals surface area contributed by atoms with Crippen LogP contribution in [0.4, 0.5) is 0 Å². The quantitative estimate of drug-likeness (QED) is 0.834. The van der Waals surface area contributed by atoms with E-state index in [9.17, 15) is 9.59 Å². The summed E-state index contributed by atoms with van der Waals surface area (Å²) in [6.45, 7) is 5.86. The Morgan fingerprint density at radius 3 is 2.39 bits per heavy atom. The van der Waals surface area contributed by atoms with Gasteiger partial charge in [0.25, 0.3) is 0 Å². The Labute approximate surface area is 113 Å². The molecule has 1 amide bonds. The molecule has 0 aromatic heterocycles. The van der Waals surface area contributed by atoms with Crippen molar-refractivity contribution in [3.8, 4) is 0 Å². The van der Waals surface area contributed by atoms with Gasteiger partial charge in [0.05, 0.1) is 11.7 Å². The van der Waals surface area contributed by atoms with E-state index in [0.29, 0.717) is 23.6 Å². The number of carboxylic acids is 1. The van der Waals surface area contributed by atoms with E-state index in [1.54, 1.807) is 6.92 Å². The largest absolute Gasteiger partial charge is 0.481 e. The molecule has 0 radical (unpaired) electrons. The monoisotopic (exact) mass is 273 g/mol. The van der Waals surface area contributed by atoms with Crippen LogP contribution < -0.4 is 0 Å². The SMILES string of the molecule is CC(CSCC(=O)N1C(C)CCCC1C)C(=O)O. The summed E-state index contributed by atoms with van der Waals surface area (Å²) >= 11 is 1.42. The highest BCUT2D eigenvalue weighted by Crippen LogP contribution is 2.23. The summed E-state index contributed by atoms with van der Waals surface area (Å²) in [5.74, 6) is -0.143. The molecule has 3 atom stereocenters. The van der Waals surface area contributed by atoms with Crippen LogP contribution in [0, 0.1) is 5.92 Å². The second-order valence-corrected chi connectivity index (χ2v) is 6.21. The molecule has 3 unspecified atom stereocenters. The van der Waals surface area contributed by atoms with Crippen LogP contribution in [-0.4, -0.2) is 45.5 Å². The predicted molar refractivity (Wildman–Crippen MR) is 73.7 cm³/mol. The third-order valence-corrected chi connectivity index (χ3v) is 4.68. The van der Waals surface area contributed by atoms with Gasteiger partial charge in [-0.05, 0) is 33.1 Å². The van der Waals surface area contributed by atoms with Gasteiger partial charge in [0, 0.05) is 17.8 Å². The Balaban J connectivity index is 2.37. The zero-order valence-corrected chi connectivity index (χ0v) is 12.2.